The van der Waals surface area contributed by atoms with E-state index in [1.165, 1.54) is 36.0 Å². The van der Waals surface area contributed by atoms with Crippen LogP contribution in [0.5, 0.6) is 11.5 Å². The average Bonchev–Trinajstić information content (AvgIpc) is 3.11. The number of nitrogens with one attached hydrogen (secondary N) is 1. The van der Waals surface area contributed by atoms with Crippen molar-refractivity contribution in [2.24, 2.45) is 0 Å². The fraction of sp³-hybridized carbons (Fsp3) is 0.375. The number of nitrogens with zero attached hydrogens (tertiary/aromatic N) is 2. The number of alkyl halides is 2. The summed E-state index contributed by atoms with van der Waals surface area (Å²) in [6.07, 6.45) is 7.95. The van der Waals surface area contributed by atoms with Crippen LogP contribution in [-0.4, -0.2) is 30.2 Å². The molecule has 0 atom stereocenters. The number of carbonyl (C=O) groups is 1. The lowest BCUT2D eigenvalue weighted by atomic mass is 9.95. The van der Waals surface area contributed by atoms with Gasteiger partial charge in [-0.3, -0.25) is 14.2 Å². The quantitative estimate of drug-likeness (QED) is 0.576. The van der Waals surface area contributed by atoms with Crippen molar-refractivity contribution in [3.63, 3.8) is 0 Å². The topological polar surface area (TPSA) is 93.3 Å². The van der Waals surface area contributed by atoms with Gasteiger partial charge in [0, 0.05) is 12.6 Å². The van der Waals surface area contributed by atoms with Crippen LogP contribution in [0.2, 0.25) is 0 Å². The molecule has 180 valence electrons. The fourth-order valence-corrected chi connectivity index (χ4v) is 4.93. The van der Waals surface area contributed by atoms with Gasteiger partial charge < -0.3 is 14.8 Å². The first kappa shape index (κ1) is 25.2. The number of hydrogen-bond acceptors (Lipinski definition) is 6. The van der Waals surface area contributed by atoms with Gasteiger partial charge in [0.05, 0.1) is 11.6 Å². The van der Waals surface area contributed by atoms with Gasteiger partial charge in [0.2, 0.25) is 0 Å². The van der Waals surface area contributed by atoms with Crippen LogP contribution < -0.4 is 29.5 Å². The number of hydrogen-bond donors (Lipinski definition) is 1. The monoisotopic (exact) mass is 489 g/mol. The third-order valence-electron chi connectivity index (χ3n) is 5.41. The molecular weight excluding hydrogens is 464 g/mol. The van der Waals surface area contributed by atoms with Crippen LogP contribution >= 0.6 is 11.3 Å². The number of carbonyl (C=O) groups excluding carboxylic acids is 1. The lowest BCUT2D eigenvalue weighted by molar-refractivity contribution is -0.116. The third-order valence-corrected chi connectivity index (χ3v) is 6.54. The SMILES string of the molecule is C=CCn1c(=O)/c(=C\c2ccc(OC(F)F)c(OC)c2)s/c1=C(\C#N)C(=O)NC1CCCCC1. The van der Waals surface area contributed by atoms with E-state index in [-0.39, 0.29) is 38.9 Å². The number of rotatable bonds is 8. The van der Waals surface area contributed by atoms with Crippen molar-refractivity contribution in [2.45, 2.75) is 51.3 Å². The zero-order chi connectivity index (χ0) is 24.7. The Bertz CT molecular complexity index is 1270. The molecular formula is C24H25F2N3O4S. The normalized spacial score (nSPS) is 15.6. The molecule has 10 heteroatoms. The number of allylic oxidation sites excluding steroid dienone is 1. The smallest absolute Gasteiger partial charge is 0.387 e. The van der Waals surface area contributed by atoms with Crippen LogP contribution in [-0.2, 0) is 11.3 Å². The number of benzene rings is 1. The van der Waals surface area contributed by atoms with Crippen LogP contribution in [0.1, 0.15) is 37.7 Å². The number of halogens is 2. The van der Waals surface area contributed by atoms with Crippen LogP contribution in [0.25, 0.3) is 11.6 Å². The lowest BCUT2D eigenvalue weighted by Gasteiger charge is -2.22. The molecule has 1 aromatic carbocycles. The van der Waals surface area contributed by atoms with Gasteiger partial charge in [-0.25, -0.2) is 0 Å². The van der Waals surface area contributed by atoms with Crippen molar-refractivity contribution in [1.82, 2.24) is 9.88 Å². The fourth-order valence-electron chi connectivity index (χ4n) is 3.82. The lowest BCUT2D eigenvalue weighted by Crippen LogP contribution is -2.39. The second-order valence-corrected chi connectivity index (χ2v) is 8.73. The Kier molecular flexibility index (Phi) is 8.60. The van der Waals surface area contributed by atoms with Gasteiger partial charge in [-0.1, -0.05) is 31.4 Å². The second kappa shape index (κ2) is 11.6. The van der Waals surface area contributed by atoms with Gasteiger partial charge in [-0.2, -0.15) is 14.0 Å². The van der Waals surface area contributed by atoms with Gasteiger partial charge in [0.1, 0.15) is 10.7 Å². The predicted octanol–water partition coefficient (Wildman–Crippen LogP) is 2.66. The van der Waals surface area contributed by atoms with E-state index in [2.05, 4.69) is 16.6 Å². The minimum atomic E-state index is -3.01. The number of ether oxygens (including phenoxy) is 2. The summed E-state index contributed by atoms with van der Waals surface area (Å²) in [4.78, 5) is 25.9. The Labute approximate surface area is 199 Å². The highest BCUT2D eigenvalue weighted by molar-refractivity contribution is 7.07. The first-order valence-electron chi connectivity index (χ1n) is 10.8. The highest BCUT2D eigenvalue weighted by atomic mass is 32.1. The second-order valence-electron chi connectivity index (χ2n) is 7.70. The van der Waals surface area contributed by atoms with E-state index in [9.17, 15) is 23.6 Å². The molecule has 1 saturated carbocycles. The van der Waals surface area contributed by atoms with Gasteiger partial charge in [0.25, 0.3) is 11.5 Å². The molecule has 3 rings (SSSR count). The molecule has 0 radical (unpaired) electrons. The molecule has 34 heavy (non-hydrogen) atoms. The Morgan fingerprint density at radius 1 is 1.35 bits per heavy atom. The Hall–Kier alpha value is -3.45. The molecule has 0 spiro atoms. The van der Waals surface area contributed by atoms with E-state index >= 15 is 0 Å². The minimum Gasteiger partial charge on any atom is -0.493 e. The first-order valence-corrected chi connectivity index (χ1v) is 11.6. The highest BCUT2D eigenvalue weighted by Gasteiger charge is 2.20. The zero-order valence-electron chi connectivity index (χ0n) is 18.7. The molecule has 1 aliphatic carbocycles. The minimum absolute atomic E-state index is 0.0107. The van der Waals surface area contributed by atoms with E-state index in [0.717, 1.165) is 43.4 Å². The van der Waals surface area contributed by atoms with Crippen LogP contribution in [0, 0.1) is 11.3 Å². The van der Waals surface area contributed by atoms with Gasteiger partial charge in [-0.05, 0) is 36.6 Å². The van der Waals surface area contributed by atoms with E-state index in [1.807, 2.05) is 6.07 Å². The Morgan fingerprint density at radius 2 is 2.09 bits per heavy atom. The van der Waals surface area contributed by atoms with Crippen molar-refractivity contribution < 1.29 is 23.0 Å². The molecule has 0 aliphatic heterocycles. The summed E-state index contributed by atoms with van der Waals surface area (Å²) >= 11 is 1.01. The third kappa shape index (κ3) is 5.91. The molecule has 1 heterocycles. The van der Waals surface area contributed by atoms with E-state index in [0.29, 0.717) is 5.56 Å². The van der Waals surface area contributed by atoms with Crippen molar-refractivity contribution in [1.29, 1.82) is 5.26 Å². The first-order chi connectivity index (χ1) is 16.4. The maximum Gasteiger partial charge on any atom is 0.387 e. The van der Waals surface area contributed by atoms with Crippen molar-refractivity contribution in [2.75, 3.05) is 7.11 Å². The summed E-state index contributed by atoms with van der Waals surface area (Å²) in [7, 11) is 1.32. The zero-order valence-corrected chi connectivity index (χ0v) is 19.5. The van der Waals surface area contributed by atoms with E-state index < -0.39 is 18.1 Å². The summed E-state index contributed by atoms with van der Waals surface area (Å²) in [5.74, 6) is -0.561. The number of methoxy groups -OCH3 is 1. The maximum absolute atomic E-state index is 13.1. The summed E-state index contributed by atoms with van der Waals surface area (Å²) in [6, 6.07) is 6.24. The predicted molar refractivity (Wildman–Crippen MR) is 125 cm³/mol. The van der Waals surface area contributed by atoms with Crippen LogP contribution in [0.3, 0.4) is 0 Å². The molecule has 1 fully saturated rings. The molecule has 0 unspecified atom stereocenters. The van der Waals surface area contributed by atoms with Crippen LogP contribution in [0.4, 0.5) is 8.78 Å². The van der Waals surface area contributed by atoms with Crippen molar-refractivity contribution in [3.8, 4) is 17.6 Å². The molecule has 7 nitrogen and oxygen atoms in total. The highest BCUT2D eigenvalue weighted by Crippen LogP contribution is 2.29. The molecule has 1 amide bonds. The largest absolute Gasteiger partial charge is 0.493 e. The average molecular weight is 490 g/mol. The maximum atomic E-state index is 13.1. The van der Waals surface area contributed by atoms with Crippen LogP contribution in [0.15, 0.2) is 35.6 Å². The number of thiazole rings is 1. The van der Waals surface area contributed by atoms with E-state index in [1.54, 1.807) is 6.08 Å². The number of amides is 1. The summed E-state index contributed by atoms with van der Waals surface area (Å²) in [5, 5.41) is 12.7. The molecule has 2 aromatic rings. The molecule has 1 N–H and O–H groups in total. The van der Waals surface area contributed by atoms with Gasteiger partial charge in [-0.15, -0.1) is 17.9 Å². The Balaban J connectivity index is 2.08. The van der Waals surface area contributed by atoms with Gasteiger partial charge >= 0.3 is 6.61 Å². The number of aromatic nitrogens is 1. The van der Waals surface area contributed by atoms with Crippen molar-refractivity contribution >= 4 is 28.9 Å². The summed E-state index contributed by atoms with van der Waals surface area (Å²) < 4.78 is 36.5. The molecule has 1 aromatic heterocycles. The number of nitriles is 1. The molecule has 0 saturated heterocycles. The standard InChI is InChI=1S/C24H25F2N3O4S/c1-3-11-29-22(31)20(13-15-9-10-18(33-24(25)26)19(12-15)32-2)34-23(29)17(14-27)21(30)28-16-7-5-4-6-8-16/h3,9-10,12-13,16,24H,1,4-8,11H2,2H3,(H,28,30)/b20-13+,23-17+. The summed E-state index contributed by atoms with van der Waals surface area (Å²) in [6.45, 7) is 0.772. The van der Waals surface area contributed by atoms with Gasteiger partial charge in [0.15, 0.2) is 17.1 Å². The Morgan fingerprint density at radius 3 is 2.71 bits per heavy atom. The molecule has 0 bridgehead atoms. The molecule has 1 aliphatic rings. The van der Waals surface area contributed by atoms with Crippen molar-refractivity contribution in [3.05, 3.63) is 56.0 Å². The summed E-state index contributed by atoms with van der Waals surface area (Å²) in [5.41, 5.74) is -0.0308. The van der Waals surface area contributed by atoms with E-state index in [4.69, 9.17) is 4.74 Å².